The molecule has 80 valence electrons. The molecule has 0 fully saturated rings. The van der Waals surface area contributed by atoms with Gasteiger partial charge in [-0.3, -0.25) is 4.68 Å². The molecule has 5 heteroatoms. The fourth-order valence-electron chi connectivity index (χ4n) is 1.18. The smallest absolute Gasteiger partial charge is 0.0855 e. The lowest BCUT2D eigenvalue weighted by Gasteiger charge is -2.05. The molecule has 0 saturated carbocycles. The third-order valence-corrected chi connectivity index (χ3v) is 3.61. The summed E-state index contributed by atoms with van der Waals surface area (Å²) in [6.45, 7) is 3.92. The van der Waals surface area contributed by atoms with Crippen LogP contribution in [0.5, 0.6) is 0 Å². The van der Waals surface area contributed by atoms with Crippen LogP contribution in [0.4, 0.5) is 0 Å². The molecule has 1 atom stereocenters. The second-order valence-electron chi connectivity index (χ2n) is 3.46. The number of nitrogens with zero attached hydrogens (tertiary/aromatic N) is 2. The fourth-order valence-corrected chi connectivity index (χ4v) is 2.50. The third-order valence-electron chi connectivity index (χ3n) is 1.88. The van der Waals surface area contributed by atoms with E-state index in [1.807, 2.05) is 25.6 Å². The number of hydrogen-bond acceptors (Lipinski definition) is 3. The van der Waals surface area contributed by atoms with Gasteiger partial charge in [-0.25, -0.2) is 0 Å². The first-order valence-electron chi connectivity index (χ1n) is 4.53. The van der Waals surface area contributed by atoms with Crippen LogP contribution in [0, 0.1) is 6.92 Å². The van der Waals surface area contributed by atoms with Gasteiger partial charge in [-0.1, -0.05) is 11.6 Å². The van der Waals surface area contributed by atoms with Gasteiger partial charge in [-0.05, 0) is 13.8 Å². The second kappa shape index (κ2) is 5.05. The Hall–Kier alpha value is -0.190. The maximum atomic E-state index is 6.10. The zero-order chi connectivity index (χ0) is 10.7. The fraction of sp³-hybridized carbons (Fsp3) is 0.667. The Morgan fingerprint density at radius 2 is 2.29 bits per heavy atom. The van der Waals surface area contributed by atoms with Crippen molar-refractivity contribution < 1.29 is 0 Å². The Morgan fingerprint density at radius 1 is 1.64 bits per heavy atom. The van der Waals surface area contributed by atoms with Crippen LogP contribution < -0.4 is 5.73 Å². The van der Waals surface area contributed by atoms with Crippen LogP contribution in [0.15, 0.2) is 0 Å². The molecule has 0 aromatic carbocycles. The Bertz CT molecular complexity index is 309. The largest absolute Gasteiger partial charge is 0.327 e. The van der Waals surface area contributed by atoms with Crippen molar-refractivity contribution in [2.45, 2.75) is 25.6 Å². The van der Waals surface area contributed by atoms with E-state index in [9.17, 15) is 0 Å². The van der Waals surface area contributed by atoms with E-state index in [1.54, 1.807) is 11.8 Å². The van der Waals surface area contributed by atoms with Crippen molar-refractivity contribution in [1.82, 2.24) is 9.78 Å². The SMILES string of the molecule is Cc1nn(C)c(CSCC(C)N)c1Cl. The van der Waals surface area contributed by atoms with Crippen LogP contribution >= 0.6 is 23.4 Å². The number of thioether (sulfide) groups is 1. The number of halogens is 1. The second-order valence-corrected chi connectivity index (χ2v) is 4.87. The van der Waals surface area contributed by atoms with Crippen LogP contribution in [-0.2, 0) is 12.8 Å². The Morgan fingerprint density at radius 3 is 2.71 bits per heavy atom. The highest BCUT2D eigenvalue weighted by atomic mass is 35.5. The molecule has 1 heterocycles. The van der Waals surface area contributed by atoms with Crippen LogP contribution in [-0.4, -0.2) is 21.6 Å². The van der Waals surface area contributed by atoms with Crippen molar-refractivity contribution in [3.63, 3.8) is 0 Å². The first-order chi connectivity index (χ1) is 6.52. The number of rotatable bonds is 4. The maximum absolute atomic E-state index is 6.10. The van der Waals surface area contributed by atoms with Crippen molar-refractivity contribution in [3.8, 4) is 0 Å². The van der Waals surface area contributed by atoms with E-state index < -0.39 is 0 Å². The van der Waals surface area contributed by atoms with Crippen molar-refractivity contribution in [2.75, 3.05) is 5.75 Å². The Labute approximate surface area is 94.0 Å². The van der Waals surface area contributed by atoms with Gasteiger partial charge in [0.25, 0.3) is 0 Å². The van der Waals surface area contributed by atoms with E-state index in [2.05, 4.69) is 5.10 Å². The van der Waals surface area contributed by atoms with E-state index in [1.165, 1.54) is 0 Å². The summed E-state index contributed by atoms with van der Waals surface area (Å²) in [6, 6.07) is 0.230. The van der Waals surface area contributed by atoms with E-state index >= 15 is 0 Å². The van der Waals surface area contributed by atoms with E-state index in [0.717, 1.165) is 27.9 Å². The summed E-state index contributed by atoms with van der Waals surface area (Å²) in [6.07, 6.45) is 0. The molecule has 1 rings (SSSR count). The van der Waals surface area contributed by atoms with Gasteiger partial charge in [0.2, 0.25) is 0 Å². The first-order valence-corrected chi connectivity index (χ1v) is 6.07. The first kappa shape index (κ1) is 11.9. The van der Waals surface area contributed by atoms with Gasteiger partial charge in [-0.2, -0.15) is 16.9 Å². The molecule has 1 aromatic rings. The molecule has 2 N–H and O–H groups in total. The molecule has 0 saturated heterocycles. The highest BCUT2D eigenvalue weighted by molar-refractivity contribution is 7.98. The molecular formula is C9H16ClN3S. The summed E-state index contributed by atoms with van der Waals surface area (Å²) < 4.78 is 1.84. The third kappa shape index (κ3) is 2.90. The quantitative estimate of drug-likeness (QED) is 0.865. The highest BCUT2D eigenvalue weighted by Crippen LogP contribution is 2.23. The molecule has 1 unspecified atom stereocenters. The van der Waals surface area contributed by atoms with Gasteiger partial charge >= 0.3 is 0 Å². The minimum absolute atomic E-state index is 0.230. The lowest BCUT2D eigenvalue weighted by molar-refractivity contribution is 0.727. The molecule has 0 bridgehead atoms. The molecular weight excluding hydrogens is 218 g/mol. The van der Waals surface area contributed by atoms with Gasteiger partial charge in [0.15, 0.2) is 0 Å². The summed E-state index contributed by atoms with van der Waals surface area (Å²) in [5, 5.41) is 5.03. The van der Waals surface area contributed by atoms with Gasteiger partial charge in [0, 0.05) is 24.6 Å². The maximum Gasteiger partial charge on any atom is 0.0855 e. The standard InChI is InChI=1S/C9H16ClN3S/c1-6(11)4-14-5-8-9(10)7(2)12-13(8)3/h6H,4-5,11H2,1-3H3. The van der Waals surface area contributed by atoms with E-state index in [0.29, 0.717) is 0 Å². The van der Waals surface area contributed by atoms with Gasteiger partial charge in [-0.15, -0.1) is 0 Å². The van der Waals surface area contributed by atoms with Crippen molar-refractivity contribution >= 4 is 23.4 Å². The summed E-state index contributed by atoms with van der Waals surface area (Å²) in [7, 11) is 1.92. The molecule has 0 radical (unpaired) electrons. The number of aryl methyl sites for hydroxylation is 2. The topological polar surface area (TPSA) is 43.8 Å². The minimum Gasteiger partial charge on any atom is -0.327 e. The molecule has 14 heavy (non-hydrogen) atoms. The minimum atomic E-state index is 0.230. The number of hydrogen-bond donors (Lipinski definition) is 1. The molecule has 0 aliphatic carbocycles. The predicted molar refractivity (Wildman–Crippen MR) is 62.8 cm³/mol. The average molecular weight is 234 g/mol. The normalized spacial score (nSPS) is 13.2. The molecule has 0 amide bonds. The molecule has 0 aliphatic heterocycles. The van der Waals surface area contributed by atoms with Crippen LogP contribution in [0.25, 0.3) is 0 Å². The highest BCUT2D eigenvalue weighted by Gasteiger charge is 2.10. The molecule has 0 aliphatic rings. The van der Waals surface area contributed by atoms with Crippen molar-refractivity contribution in [3.05, 3.63) is 16.4 Å². The van der Waals surface area contributed by atoms with Crippen molar-refractivity contribution in [1.29, 1.82) is 0 Å². The van der Waals surface area contributed by atoms with E-state index in [4.69, 9.17) is 17.3 Å². The van der Waals surface area contributed by atoms with Crippen LogP contribution in [0.1, 0.15) is 18.3 Å². The van der Waals surface area contributed by atoms with Gasteiger partial charge in [0.1, 0.15) is 0 Å². The summed E-state index contributed by atoms with van der Waals surface area (Å²) in [5.74, 6) is 1.82. The van der Waals surface area contributed by atoms with Crippen LogP contribution in [0.2, 0.25) is 5.02 Å². The lowest BCUT2D eigenvalue weighted by Crippen LogP contribution is -2.17. The zero-order valence-electron chi connectivity index (χ0n) is 8.75. The molecule has 1 aromatic heterocycles. The van der Waals surface area contributed by atoms with Crippen LogP contribution in [0.3, 0.4) is 0 Å². The number of nitrogens with two attached hydrogens (primary N) is 1. The Kier molecular flexibility index (Phi) is 4.29. The summed E-state index contributed by atoms with van der Waals surface area (Å²) in [5.41, 5.74) is 7.63. The van der Waals surface area contributed by atoms with Gasteiger partial charge in [0.05, 0.1) is 16.4 Å². The summed E-state index contributed by atoms with van der Waals surface area (Å²) >= 11 is 7.89. The summed E-state index contributed by atoms with van der Waals surface area (Å²) in [4.78, 5) is 0. The lowest BCUT2D eigenvalue weighted by atomic mass is 10.4. The average Bonchev–Trinajstić information content (AvgIpc) is 2.31. The van der Waals surface area contributed by atoms with Crippen molar-refractivity contribution in [2.24, 2.45) is 12.8 Å². The number of aromatic nitrogens is 2. The van der Waals surface area contributed by atoms with Gasteiger partial charge < -0.3 is 5.73 Å². The molecule has 3 nitrogen and oxygen atoms in total. The molecule has 0 spiro atoms. The zero-order valence-corrected chi connectivity index (χ0v) is 10.3. The monoisotopic (exact) mass is 233 g/mol. The Balaban J connectivity index is 2.58. The predicted octanol–water partition coefficient (Wildman–Crippen LogP) is 1.96. The van der Waals surface area contributed by atoms with E-state index in [-0.39, 0.29) is 6.04 Å².